The Morgan fingerprint density at radius 1 is 0.794 bits per heavy atom. The number of amides is 1. The highest BCUT2D eigenvalue weighted by Crippen LogP contribution is 2.25. The lowest BCUT2D eigenvalue weighted by atomic mass is 10.1. The highest BCUT2D eigenvalue weighted by Gasteiger charge is 2.02. The molecule has 0 aliphatic rings. The van der Waals surface area contributed by atoms with Crippen molar-refractivity contribution in [3.8, 4) is 11.5 Å². The van der Waals surface area contributed by atoms with Crippen LogP contribution in [0.25, 0.3) is 6.08 Å². The molecule has 186 valence electrons. The minimum absolute atomic E-state index is 0.182. The third-order valence-corrected chi connectivity index (χ3v) is 6.91. The number of nitrogens with one attached hydrogen (secondary N) is 1. The van der Waals surface area contributed by atoms with Gasteiger partial charge in [0.15, 0.2) is 11.5 Å². The van der Waals surface area contributed by atoms with Gasteiger partial charge in [-0.1, -0.05) is 83.6 Å². The topological polar surface area (TPSA) is 69.6 Å². The summed E-state index contributed by atoms with van der Waals surface area (Å²) in [4.78, 5) is 13.3. The van der Waals surface area contributed by atoms with E-state index in [1.54, 1.807) is 12.1 Å². The summed E-state index contributed by atoms with van der Waals surface area (Å²) in [7, 11) is 0. The van der Waals surface area contributed by atoms with Gasteiger partial charge in [-0.25, -0.2) is 0 Å². The monoisotopic (exact) mass is 483 g/mol. The van der Waals surface area contributed by atoms with Crippen LogP contribution in [-0.4, -0.2) is 21.9 Å². The fourth-order valence-corrected chi connectivity index (χ4v) is 4.68. The SMILES string of the molecule is CCCCCCCCCCCCCCSc1ccc(NC(=O)/C=C/c2ccc(O)c(O)c2)cc1. The Kier molecular flexibility index (Phi) is 14.0. The van der Waals surface area contributed by atoms with Gasteiger partial charge in [0, 0.05) is 16.7 Å². The van der Waals surface area contributed by atoms with Crippen LogP contribution in [0.5, 0.6) is 11.5 Å². The van der Waals surface area contributed by atoms with Crippen LogP contribution in [0.2, 0.25) is 0 Å². The van der Waals surface area contributed by atoms with Crippen molar-refractivity contribution in [3.63, 3.8) is 0 Å². The van der Waals surface area contributed by atoms with E-state index in [0.29, 0.717) is 5.56 Å². The molecular weight excluding hydrogens is 442 g/mol. The molecule has 0 aliphatic heterocycles. The summed E-state index contributed by atoms with van der Waals surface area (Å²) in [5.74, 6) is 0.493. The van der Waals surface area contributed by atoms with E-state index in [4.69, 9.17) is 0 Å². The van der Waals surface area contributed by atoms with E-state index in [1.807, 2.05) is 36.0 Å². The Balaban J connectivity index is 1.53. The van der Waals surface area contributed by atoms with Gasteiger partial charge in [0.05, 0.1) is 0 Å². The molecule has 0 heterocycles. The van der Waals surface area contributed by atoms with Gasteiger partial charge in [-0.3, -0.25) is 4.79 Å². The van der Waals surface area contributed by atoms with Crippen molar-refractivity contribution in [2.75, 3.05) is 11.1 Å². The molecule has 0 spiro atoms. The van der Waals surface area contributed by atoms with E-state index in [2.05, 4.69) is 12.2 Å². The third-order valence-electron chi connectivity index (χ3n) is 5.82. The lowest BCUT2D eigenvalue weighted by Gasteiger charge is -2.05. The summed E-state index contributed by atoms with van der Waals surface area (Å²) in [6.45, 7) is 2.27. The number of phenolic OH excluding ortho intramolecular Hbond substituents is 2. The summed E-state index contributed by atoms with van der Waals surface area (Å²) >= 11 is 1.87. The fraction of sp³-hybridized carbons (Fsp3) is 0.483. The average molecular weight is 484 g/mol. The predicted molar refractivity (Wildman–Crippen MR) is 146 cm³/mol. The van der Waals surface area contributed by atoms with Crippen LogP contribution in [-0.2, 0) is 4.79 Å². The van der Waals surface area contributed by atoms with Gasteiger partial charge in [0.25, 0.3) is 0 Å². The molecule has 0 fully saturated rings. The molecule has 3 N–H and O–H groups in total. The van der Waals surface area contributed by atoms with Gasteiger partial charge in [0.2, 0.25) is 5.91 Å². The highest BCUT2D eigenvalue weighted by molar-refractivity contribution is 7.99. The molecule has 2 rings (SSSR count). The van der Waals surface area contributed by atoms with Crippen molar-refractivity contribution in [2.24, 2.45) is 0 Å². The van der Waals surface area contributed by atoms with Gasteiger partial charge in [-0.05, 0) is 60.2 Å². The van der Waals surface area contributed by atoms with Crippen LogP contribution in [0.15, 0.2) is 53.4 Å². The largest absolute Gasteiger partial charge is 0.504 e. The summed E-state index contributed by atoms with van der Waals surface area (Å²) in [5, 5.41) is 21.7. The Morgan fingerprint density at radius 2 is 1.38 bits per heavy atom. The number of hydrogen-bond donors (Lipinski definition) is 3. The second kappa shape index (κ2) is 17.1. The Bertz CT molecular complexity index is 864. The molecule has 0 atom stereocenters. The number of carbonyl (C=O) groups excluding carboxylic acids is 1. The minimum atomic E-state index is -0.246. The van der Waals surface area contributed by atoms with Gasteiger partial charge in [-0.15, -0.1) is 11.8 Å². The number of thioether (sulfide) groups is 1. The zero-order valence-electron chi connectivity index (χ0n) is 20.6. The summed E-state index contributed by atoms with van der Waals surface area (Å²) in [6, 6.07) is 12.3. The van der Waals surface area contributed by atoms with Gasteiger partial charge in [-0.2, -0.15) is 0 Å². The first-order valence-corrected chi connectivity index (χ1v) is 13.8. The van der Waals surface area contributed by atoms with Gasteiger partial charge in [0.1, 0.15) is 0 Å². The third kappa shape index (κ3) is 12.2. The Morgan fingerprint density at radius 3 is 1.97 bits per heavy atom. The maximum Gasteiger partial charge on any atom is 0.248 e. The van der Waals surface area contributed by atoms with E-state index in [9.17, 15) is 15.0 Å². The zero-order chi connectivity index (χ0) is 24.4. The van der Waals surface area contributed by atoms with E-state index < -0.39 is 0 Å². The molecule has 0 aromatic heterocycles. The quantitative estimate of drug-likeness (QED) is 0.0912. The van der Waals surface area contributed by atoms with Crippen molar-refractivity contribution in [3.05, 3.63) is 54.1 Å². The van der Waals surface area contributed by atoms with Crippen molar-refractivity contribution in [2.45, 2.75) is 88.9 Å². The van der Waals surface area contributed by atoms with Crippen LogP contribution in [0, 0.1) is 0 Å². The predicted octanol–water partition coefficient (Wildman–Crippen LogP) is 8.54. The van der Waals surface area contributed by atoms with Gasteiger partial charge < -0.3 is 15.5 Å². The Labute approximate surface area is 209 Å². The number of benzene rings is 2. The van der Waals surface area contributed by atoms with Crippen LogP contribution in [0.3, 0.4) is 0 Å². The van der Waals surface area contributed by atoms with Gasteiger partial charge >= 0.3 is 0 Å². The number of anilines is 1. The second-order valence-electron chi connectivity index (χ2n) is 8.83. The number of unbranched alkanes of at least 4 members (excludes halogenated alkanes) is 11. The number of hydrogen-bond acceptors (Lipinski definition) is 4. The molecule has 2 aromatic carbocycles. The molecule has 0 radical (unpaired) electrons. The Hall–Kier alpha value is -2.40. The minimum Gasteiger partial charge on any atom is -0.504 e. The van der Waals surface area contributed by atoms with Crippen molar-refractivity contribution in [1.29, 1.82) is 0 Å². The second-order valence-corrected chi connectivity index (χ2v) is 10.0. The molecule has 0 saturated heterocycles. The first-order valence-electron chi connectivity index (χ1n) is 12.8. The molecule has 2 aromatic rings. The molecule has 5 heteroatoms. The van der Waals surface area contributed by atoms with E-state index in [1.165, 1.54) is 100 Å². The normalized spacial score (nSPS) is 11.2. The average Bonchev–Trinajstić information content (AvgIpc) is 2.84. The zero-order valence-corrected chi connectivity index (χ0v) is 21.4. The van der Waals surface area contributed by atoms with Crippen LogP contribution >= 0.6 is 11.8 Å². The molecule has 0 unspecified atom stereocenters. The molecule has 1 amide bonds. The number of aromatic hydroxyl groups is 2. The number of carbonyl (C=O) groups is 1. The van der Waals surface area contributed by atoms with E-state index in [0.717, 1.165) is 11.4 Å². The maximum atomic E-state index is 12.1. The molecule has 34 heavy (non-hydrogen) atoms. The lowest BCUT2D eigenvalue weighted by Crippen LogP contribution is -2.07. The molecule has 0 aliphatic carbocycles. The van der Waals surface area contributed by atoms with Crippen LogP contribution < -0.4 is 5.32 Å². The van der Waals surface area contributed by atoms with Crippen molar-refractivity contribution in [1.82, 2.24) is 0 Å². The fourth-order valence-electron chi connectivity index (χ4n) is 3.77. The first-order chi connectivity index (χ1) is 16.6. The summed E-state index contributed by atoms with van der Waals surface area (Å²) in [6.07, 6.45) is 19.5. The molecule has 0 saturated carbocycles. The van der Waals surface area contributed by atoms with Crippen LogP contribution in [0.4, 0.5) is 5.69 Å². The molecule has 0 bridgehead atoms. The summed E-state index contributed by atoms with van der Waals surface area (Å²) in [5.41, 5.74) is 1.38. The number of phenols is 2. The lowest BCUT2D eigenvalue weighted by molar-refractivity contribution is -0.111. The highest BCUT2D eigenvalue weighted by atomic mass is 32.2. The maximum absolute atomic E-state index is 12.1. The first kappa shape index (κ1) is 27.8. The standard InChI is InChI=1S/C29H41NO3S/c1-2-3-4-5-6-7-8-9-10-11-12-13-22-34-26-18-16-25(17-19-26)30-29(33)21-15-24-14-20-27(31)28(32)23-24/h14-21,23,31-32H,2-13,22H2,1H3,(H,30,33)/b21-15+. The van der Waals surface area contributed by atoms with Crippen molar-refractivity contribution >= 4 is 29.4 Å². The smallest absolute Gasteiger partial charge is 0.248 e. The summed E-state index contributed by atoms with van der Waals surface area (Å²) < 4.78 is 0. The molecular formula is C29H41NO3S. The molecule has 4 nitrogen and oxygen atoms in total. The van der Waals surface area contributed by atoms with Crippen LogP contribution in [0.1, 0.15) is 89.5 Å². The number of rotatable bonds is 17. The van der Waals surface area contributed by atoms with E-state index in [-0.39, 0.29) is 17.4 Å². The van der Waals surface area contributed by atoms with E-state index >= 15 is 0 Å². The van der Waals surface area contributed by atoms with Crippen molar-refractivity contribution < 1.29 is 15.0 Å².